The Morgan fingerprint density at radius 1 is 1.33 bits per heavy atom. The van der Waals surface area contributed by atoms with Crippen LogP contribution in [0.5, 0.6) is 5.75 Å². The summed E-state index contributed by atoms with van der Waals surface area (Å²) in [5, 5.41) is 0. The molecule has 0 aliphatic rings. The maximum atomic E-state index is 5.68. The van der Waals surface area contributed by atoms with Crippen molar-refractivity contribution in [1.29, 1.82) is 0 Å². The molecule has 0 fully saturated rings. The van der Waals surface area contributed by atoms with Crippen molar-refractivity contribution in [3.63, 3.8) is 0 Å². The Bertz CT molecular complexity index is 403. The van der Waals surface area contributed by atoms with Gasteiger partial charge in [-0.1, -0.05) is 39.1 Å². The first kappa shape index (κ1) is 15.0. The fraction of sp³-hybridized carbons (Fsp3) is 0.533. The lowest BCUT2D eigenvalue weighted by atomic mass is 9.95. The van der Waals surface area contributed by atoms with Crippen LogP contribution < -0.4 is 10.5 Å². The molecule has 0 saturated carbocycles. The van der Waals surface area contributed by atoms with Gasteiger partial charge in [0.25, 0.3) is 0 Å². The smallest absolute Gasteiger partial charge is 0.119 e. The van der Waals surface area contributed by atoms with Crippen LogP contribution in [0.1, 0.15) is 38.3 Å². The quantitative estimate of drug-likeness (QED) is 0.766. The summed E-state index contributed by atoms with van der Waals surface area (Å²) in [4.78, 5) is 0.586. The highest BCUT2D eigenvalue weighted by Gasteiger charge is 2.10. The molecule has 1 aromatic carbocycles. The Kier molecular flexibility index (Phi) is 6.13. The molecule has 0 aliphatic heterocycles. The summed E-state index contributed by atoms with van der Waals surface area (Å²) in [6.07, 6.45) is 2.94. The summed E-state index contributed by atoms with van der Waals surface area (Å²) >= 11 is 5.03. The molecule has 1 unspecified atom stereocenters. The maximum absolute atomic E-state index is 5.68. The van der Waals surface area contributed by atoms with E-state index in [0.29, 0.717) is 4.99 Å². The predicted octanol–water partition coefficient (Wildman–Crippen LogP) is 3.50. The van der Waals surface area contributed by atoms with E-state index >= 15 is 0 Å². The van der Waals surface area contributed by atoms with Crippen molar-refractivity contribution in [2.24, 2.45) is 11.7 Å². The van der Waals surface area contributed by atoms with Gasteiger partial charge in [-0.3, -0.25) is 0 Å². The third-order valence-corrected chi connectivity index (χ3v) is 3.45. The first-order valence-electron chi connectivity index (χ1n) is 6.62. The van der Waals surface area contributed by atoms with Crippen LogP contribution in [0.3, 0.4) is 0 Å². The van der Waals surface area contributed by atoms with Crippen LogP contribution in [0.4, 0.5) is 0 Å². The summed E-state index contributed by atoms with van der Waals surface area (Å²) in [7, 11) is 0. The lowest BCUT2D eigenvalue weighted by Gasteiger charge is -2.14. The van der Waals surface area contributed by atoms with Crippen molar-refractivity contribution in [1.82, 2.24) is 0 Å². The topological polar surface area (TPSA) is 35.2 Å². The highest BCUT2D eigenvalue weighted by molar-refractivity contribution is 7.80. The van der Waals surface area contributed by atoms with E-state index in [1.165, 1.54) is 11.1 Å². The number of benzene rings is 1. The number of rotatable bonds is 7. The predicted molar refractivity (Wildman–Crippen MR) is 81.3 cm³/mol. The second kappa shape index (κ2) is 7.37. The molecule has 0 aromatic heterocycles. The lowest BCUT2D eigenvalue weighted by molar-refractivity contribution is 0.317. The summed E-state index contributed by atoms with van der Waals surface area (Å²) in [5.41, 5.74) is 8.32. The van der Waals surface area contributed by atoms with E-state index in [1.807, 2.05) is 6.07 Å². The average Bonchev–Trinajstić information content (AvgIpc) is 2.37. The fourth-order valence-electron chi connectivity index (χ4n) is 1.87. The second-order valence-corrected chi connectivity index (χ2v) is 5.11. The van der Waals surface area contributed by atoms with E-state index in [-0.39, 0.29) is 5.92 Å². The molecular formula is C15H23NOS. The minimum Gasteiger partial charge on any atom is -0.494 e. The molecule has 100 valence electrons. The molecule has 1 rings (SSSR count). The molecule has 0 amide bonds. The van der Waals surface area contributed by atoms with Crippen LogP contribution in [-0.2, 0) is 12.8 Å². The highest BCUT2D eigenvalue weighted by Crippen LogP contribution is 2.21. The minimum absolute atomic E-state index is 0.243. The Morgan fingerprint density at radius 3 is 2.61 bits per heavy atom. The van der Waals surface area contributed by atoms with Gasteiger partial charge in [0.2, 0.25) is 0 Å². The van der Waals surface area contributed by atoms with Crippen LogP contribution in [0, 0.1) is 5.92 Å². The van der Waals surface area contributed by atoms with Gasteiger partial charge in [-0.25, -0.2) is 0 Å². The molecule has 0 saturated heterocycles. The van der Waals surface area contributed by atoms with Crippen molar-refractivity contribution >= 4 is 17.2 Å². The molecular weight excluding hydrogens is 242 g/mol. The summed E-state index contributed by atoms with van der Waals surface area (Å²) in [6, 6.07) is 6.31. The molecule has 0 bridgehead atoms. The Balaban J connectivity index is 2.82. The van der Waals surface area contributed by atoms with Crippen LogP contribution in [0.2, 0.25) is 0 Å². The van der Waals surface area contributed by atoms with Crippen LogP contribution in [-0.4, -0.2) is 11.6 Å². The van der Waals surface area contributed by atoms with E-state index in [1.54, 1.807) is 0 Å². The largest absolute Gasteiger partial charge is 0.494 e. The van der Waals surface area contributed by atoms with E-state index in [0.717, 1.165) is 31.6 Å². The molecule has 2 nitrogen and oxygen atoms in total. The molecule has 18 heavy (non-hydrogen) atoms. The molecule has 3 heteroatoms. The zero-order valence-corrected chi connectivity index (χ0v) is 12.3. The SMILES string of the molecule is CCCOc1ccc(CC(C)C(N)=S)c(CC)c1. The normalized spacial score (nSPS) is 12.2. The first-order valence-corrected chi connectivity index (χ1v) is 7.03. The van der Waals surface area contributed by atoms with Crippen LogP contribution in [0.25, 0.3) is 0 Å². The molecule has 1 atom stereocenters. The number of thiocarbonyl (C=S) groups is 1. The van der Waals surface area contributed by atoms with E-state index < -0.39 is 0 Å². The maximum Gasteiger partial charge on any atom is 0.119 e. The number of nitrogens with two attached hydrogens (primary N) is 1. The van der Waals surface area contributed by atoms with Crippen molar-refractivity contribution in [3.8, 4) is 5.75 Å². The van der Waals surface area contributed by atoms with Gasteiger partial charge in [0.15, 0.2) is 0 Å². The minimum atomic E-state index is 0.243. The highest BCUT2D eigenvalue weighted by atomic mass is 32.1. The molecule has 0 radical (unpaired) electrons. The first-order chi connectivity index (χ1) is 8.58. The Hall–Kier alpha value is -1.09. The van der Waals surface area contributed by atoms with Gasteiger partial charge in [-0.15, -0.1) is 0 Å². The van der Waals surface area contributed by atoms with Crippen molar-refractivity contribution in [2.75, 3.05) is 6.61 Å². The van der Waals surface area contributed by atoms with Gasteiger partial charge in [-0.2, -0.15) is 0 Å². The number of hydrogen-bond donors (Lipinski definition) is 1. The number of ether oxygens (including phenoxy) is 1. The van der Waals surface area contributed by atoms with E-state index in [4.69, 9.17) is 22.7 Å². The molecule has 2 N–H and O–H groups in total. The Labute approximate surface area is 116 Å². The average molecular weight is 265 g/mol. The van der Waals surface area contributed by atoms with Crippen molar-refractivity contribution < 1.29 is 4.74 Å². The van der Waals surface area contributed by atoms with E-state index in [9.17, 15) is 0 Å². The van der Waals surface area contributed by atoms with E-state index in [2.05, 4.69) is 32.9 Å². The monoisotopic (exact) mass is 265 g/mol. The van der Waals surface area contributed by atoms with Gasteiger partial charge in [0.1, 0.15) is 5.75 Å². The zero-order valence-electron chi connectivity index (χ0n) is 11.5. The molecule has 0 aliphatic carbocycles. The zero-order chi connectivity index (χ0) is 13.5. The third kappa shape index (κ3) is 4.30. The number of aryl methyl sites for hydroxylation is 1. The second-order valence-electron chi connectivity index (χ2n) is 4.64. The van der Waals surface area contributed by atoms with Crippen LogP contribution in [0.15, 0.2) is 18.2 Å². The number of hydrogen-bond acceptors (Lipinski definition) is 2. The summed E-state index contributed by atoms with van der Waals surface area (Å²) < 4.78 is 5.65. The standard InChI is InChI=1S/C15H23NOS/c1-4-8-17-14-7-6-13(12(5-2)10-14)9-11(3)15(16)18/h6-7,10-11H,4-5,8-9H2,1-3H3,(H2,16,18). The molecule has 0 heterocycles. The molecule has 1 aromatic rings. The van der Waals surface area contributed by atoms with Gasteiger partial charge in [0, 0.05) is 5.92 Å². The van der Waals surface area contributed by atoms with Gasteiger partial charge >= 0.3 is 0 Å². The van der Waals surface area contributed by atoms with Crippen molar-refractivity contribution in [3.05, 3.63) is 29.3 Å². The van der Waals surface area contributed by atoms with Gasteiger partial charge in [0.05, 0.1) is 11.6 Å². The van der Waals surface area contributed by atoms with Gasteiger partial charge < -0.3 is 10.5 Å². The third-order valence-electron chi connectivity index (χ3n) is 3.04. The summed E-state index contributed by atoms with van der Waals surface area (Å²) in [6.45, 7) is 7.11. The summed E-state index contributed by atoms with van der Waals surface area (Å²) in [5.74, 6) is 1.20. The Morgan fingerprint density at radius 2 is 2.06 bits per heavy atom. The fourth-order valence-corrected chi connectivity index (χ4v) is 1.95. The van der Waals surface area contributed by atoms with Crippen LogP contribution >= 0.6 is 12.2 Å². The molecule has 0 spiro atoms. The van der Waals surface area contributed by atoms with Crippen molar-refractivity contribution in [2.45, 2.75) is 40.0 Å². The van der Waals surface area contributed by atoms with Gasteiger partial charge in [-0.05, 0) is 42.5 Å². The lowest BCUT2D eigenvalue weighted by Crippen LogP contribution is -2.20.